The molecule has 41 heavy (non-hydrogen) atoms. The number of halogens is 3. The van der Waals surface area contributed by atoms with E-state index in [0.717, 1.165) is 9.87 Å². The molecule has 220 valence electrons. The standard InChI is InChI=1S/C29H32Cl3N3O5S/c1-18(2)33-29(37)20(4)34(16-21-8-9-22(30)14-25(21)31)28(36)17-35(23-10-13-27(40-5)26(32)15-23)41(38,39)24-11-6-19(3)7-12-24/h6-15,18,20H,16-17H2,1-5H3,(H,33,37)/t20-/m0/s1. The molecule has 0 saturated heterocycles. The van der Waals surface area contributed by atoms with Gasteiger partial charge in [-0.05, 0) is 75.7 Å². The van der Waals surface area contributed by atoms with E-state index in [4.69, 9.17) is 39.5 Å². The Bertz CT molecular complexity index is 1510. The largest absolute Gasteiger partial charge is 0.495 e. The number of hydrogen-bond donors (Lipinski definition) is 1. The fourth-order valence-electron chi connectivity index (χ4n) is 4.00. The first kappa shape index (κ1) is 32.5. The Morgan fingerprint density at radius 2 is 1.59 bits per heavy atom. The summed E-state index contributed by atoms with van der Waals surface area (Å²) in [6.45, 7) is 6.33. The van der Waals surface area contributed by atoms with Gasteiger partial charge >= 0.3 is 0 Å². The van der Waals surface area contributed by atoms with Crippen molar-refractivity contribution < 1.29 is 22.7 Å². The van der Waals surface area contributed by atoms with E-state index in [0.29, 0.717) is 21.4 Å². The van der Waals surface area contributed by atoms with Crippen molar-refractivity contribution in [2.75, 3.05) is 18.0 Å². The zero-order chi connectivity index (χ0) is 30.5. The Morgan fingerprint density at radius 3 is 2.15 bits per heavy atom. The number of ether oxygens (including phenoxy) is 1. The van der Waals surface area contributed by atoms with Gasteiger partial charge in [-0.3, -0.25) is 13.9 Å². The van der Waals surface area contributed by atoms with Crippen molar-refractivity contribution in [2.24, 2.45) is 0 Å². The number of aryl methyl sites for hydroxylation is 1. The van der Waals surface area contributed by atoms with Gasteiger partial charge in [0.15, 0.2) is 0 Å². The number of amides is 2. The van der Waals surface area contributed by atoms with Crippen LogP contribution in [0.4, 0.5) is 5.69 Å². The van der Waals surface area contributed by atoms with Crippen LogP contribution in [0.2, 0.25) is 15.1 Å². The second-order valence-electron chi connectivity index (χ2n) is 9.74. The molecule has 0 aromatic heterocycles. The molecule has 1 atom stereocenters. The summed E-state index contributed by atoms with van der Waals surface area (Å²) in [4.78, 5) is 28.3. The maximum atomic E-state index is 14.0. The van der Waals surface area contributed by atoms with Gasteiger partial charge in [0, 0.05) is 22.6 Å². The van der Waals surface area contributed by atoms with Gasteiger partial charge in [-0.1, -0.05) is 58.6 Å². The van der Waals surface area contributed by atoms with Crippen LogP contribution in [0.25, 0.3) is 0 Å². The highest BCUT2D eigenvalue weighted by molar-refractivity contribution is 7.92. The molecule has 8 nitrogen and oxygen atoms in total. The predicted octanol–water partition coefficient (Wildman–Crippen LogP) is 6.10. The molecule has 3 rings (SSSR count). The van der Waals surface area contributed by atoms with Crippen LogP contribution in [-0.4, -0.2) is 50.9 Å². The first-order valence-corrected chi connectivity index (χ1v) is 15.3. The van der Waals surface area contributed by atoms with E-state index in [-0.39, 0.29) is 28.2 Å². The zero-order valence-corrected chi connectivity index (χ0v) is 26.4. The number of anilines is 1. The second kappa shape index (κ2) is 13.8. The van der Waals surface area contributed by atoms with Crippen LogP contribution in [0, 0.1) is 6.92 Å². The quantitative estimate of drug-likeness (QED) is 0.273. The lowest BCUT2D eigenvalue weighted by molar-refractivity contribution is -0.139. The molecule has 0 aliphatic heterocycles. The molecule has 0 heterocycles. The van der Waals surface area contributed by atoms with E-state index >= 15 is 0 Å². The van der Waals surface area contributed by atoms with Gasteiger partial charge < -0.3 is 15.0 Å². The number of nitrogens with zero attached hydrogens (tertiary/aromatic N) is 2. The van der Waals surface area contributed by atoms with Crippen LogP contribution >= 0.6 is 34.8 Å². The van der Waals surface area contributed by atoms with Gasteiger partial charge in [0.25, 0.3) is 10.0 Å². The molecule has 2 amide bonds. The van der Waals surface area contributed by atoms with Crippen molar-refractivity contribution in [2.45, 2.75) is 51.2 Å². The van der Waals surface area contributed by atoms with Crippen LogP contribution in [0.3, 0.4) is 0 Å². The molecule has 1 N–H and O–H groups in total. The van der Waals surface area contributed by atoms with Crippen LogP contribution < -0.4 is 14.4 Å². The number of sulfonamides is 1. The number of carbonyl (C=O) groups is 2. The Hall–Kier alpha value is -2.98. The minimum Gasteiger partial charge on any atom is -0.495 e. The molecule has 0 bridgehead atoms. The highest BCUT2D eigenvalue weighted by Crippen LogP contribution is 2.32. The molecule has 0 aliphatic rings. The summed E-state index contributed by atoms with van der Waals surface area (Å²) < 4.78 is 34.0. The molecule has 12 heteroatoms. The maximum Gasteiger partial charge on any atom is 0.264 e. The number of benzene rings is 3. The molecule has 3 aromatic carbocycles. The average Bonchev–Trinajstić information content (AvgIpc) is 2.90. The summed E-state index contributed by atoms with van der Waals surface area (Å²) in [7, 11) is -2.81. The van der Waals surface area contributed by atoms with E-state index in [1.165, 1.54) is 48.4 Å². The highest BCUT2D eigenvalue weighted by Gasteiger charge is 2.33. The summed E-state index contributed by atoms with van der Waals surface area (Å²) in [5.41, 5.74) is 1.55. The molecule has 0 unspecified atom stereocenters. The molecule has 0 fully saturated rings. The van der Waals surface area contributed by atoms with Gasteiger partial charge in [-0.15, -0.1) is 0 Å². The van der Waals surface area contributed by atoms with Crippen LogP contribution in [-0.2, 0) is 26.2 Å². The molecule has 0 aliphatic carbocycles. The number of rotatable bonds is 11. The number of carbonyl (C=O) groups excluding carboxylic acids is 2. The van der Waals surface area contributed by atoms with Crippen LogP contribution in [0.5, 0.6) is 5.75 Å². The lowest BCUT2D eigenvalue weighted by atomic mass is 10.1. The first-order valence-electron chi connectivity index (χ1n) is 12.7. The molecule has 0 saturated carbocycles. The Kier molecular flexibility index (Phi) is 10.9. The minimum absolute atomic E-state index is 0.0132. The number of hydrogen-bond acceptors (Lipinski definition) is 5. The highest BCUT2D eigenvalue weighted by atomic mass is 35.5. The monoisotopic (exact) mass is 639 g/mol. The molecular weight excluding hydrogens is 609 g/mol. The van der Waals surface area contributed by atoms with E-state index in [9.17, 15) is 18.0 Å². The van der Waals surface area contributed by atoms with Crippen molar-refractivity contribution >= 4 is 62.3 Å². The third-order valence-corrected chi connectivity index (χ3v) is 8.94. The van der Waals surface area contributed by atoms with Crippen molar-refractivity contribution in [1.82, 2.24) is 10.2 Å². The lowest BCUT2D eigenvalue weighted by Gasteiger charge is -2.32. The van der Waals surface area contributed by atoms with Gasteiger partial charge in [0.05, 0.1) is 22.7 Å². The van der Waals surface area contributed by atoms with Gasteiger partial charge in [-0.25, -0.2) is 8.42 Å². The first-order chi connectivity index (χ1) is 19.2. The fraction of sp³-hybridized carbons (Fsp3) is 0.310. The van der Waals surface area contributed by atoms with Crippen LogP contribution in [0.1, 0.15) is 31.9 Å². The fourth-order valence-corrected chi connectivity index (χ4v) is 6.12. The average molecular weight is 641 g/mol. The second-order valence-corrected chi connectivity index (χ2v) is 12.9. The third kappa shape index (κ3) is 8.07. The van der Waals surface area contributed by atoms with Crippen LogP contribution in [0.15, 0.2) is 65.6 Å². The molecular formula is C29H32Cl3N3O5S. The zero-order valence-electron chi connectivity index (χ0n) is 23.3. The predicted molar refractivity (Wildman–Crippen MR) is 163 cm³/mol. The molecule has 0 radical (unpaired) electrons. The summed E-state index contributed by atoms with van der Waals surface area (Å²) in [5, 5.41) is 3.68. The Labute approximate surface area is 256 Å². The molecule has 3 aromatic rings. The van der Waals surface area contributed by atoms with Crippen molar-refractivity contribution in [1.29, 1.82) is 0 Å². The van der Waals surface area contributed by atoms with E-state index in [1.807, 2.05) is 6.92 Å². The number of nitrogens with one attached hydrogen (secondary N) is 1. The normalized spacial score (nSPS) is 12.1. The van der Waals surface area contributed by atoms with Gasteiger partial charge in [0.1, 0.15) is 18.3 Å². The lowest BCUT2D eigenvalue weighted by Crippen LogP contribution is -2.52. The maximum absolute atomic E-state index is 14.0. The van der Waals surface area contributed by atoms with Crippen molar-refractivity contribution in [3.63, 3.8) is 0 Å². The SMILES string of the molecule is COc1ccc(N(CC(=O)N(Cc2ccc(Cl)cc2Cl)[C@@H](C)C(=O)NC(C)C)S(=O)(=O)c2ccc(C)cc2)cc1Cl. The Morgan fingerprint density at radius 1 is 0.927 bits per heavy atom. The molecule has 0 spiro atoms. The summed E-state index contributed by atoms with van der Waals surface area (Å²) in [6.07, 6.45) is 0. The summed E-state index contributed by atoms with van der Waals surface area (Å²) in [6, 6.07) is 14.4. The third-order valence-electron chi connectivity index (χ3n) is 6.27. The number of methoxy groups -OCH3 is 1. The Balaban J connectivity index is 2.09. The topological polar surface area (TPSA) is 96.0 Å². The minimum atomic E-state index is -4.25. The summed E-state index contributed by atoms with van der Waals surface area (Å²) >= 11 is 18.8. The summed E-state index contributed by atoms with van der Waals surface area (Å²) in [5.74, 6) is -0.698. The van der Waals surface area contributed by atoms with Gasteiger partial charge in [0.2, 0.25) is 11.8 Å². The van der Waals surface area contributed by atoms with Gasteiger partial charge in [-0.2, -0.15) is 0 Å². The smallest absolute Gasteiger partial charge is 0.264 e. The van der Waals surface area contributed by atoms with E-state index in [2.05, 4.69) is 5.32 Å². The van der Waals surface area contributed by atoms with Crippen molar-refractivity contribution in [3.8, 4) is 5.75 Å². The van der Waals surface area contributed by atoms with E-state index < -0.39 is 34.4 Å². The van der Waals surface area contributed by atoms with E-state index in [1.54, 1.807) is 45.0 Å². The van der Waals surface area contributed by atoms with Crippen molar-refractivity contribution in [3.05, 3.63) is 86.9 Å².